The van der Waals surface area contributed by atoms with Gasteiger partial charge >= 0.3 is 0 Å². The molecule has 2 fully saturated rings. The molecule has 0 radical (unpaired) electrons. The number of nitrogens with two attached hydrogens (primary N) is 1. The van der Waals surface area contributed by atoms with Gasteiger partial charge in [-0.2, -0.15) is 0 Å². The average molecular weight is 252 g/mol. The van der Waals surface area contributed by atoms with Crippen molar-refractivity contribution in [1.29, 1.82) is 0 Å². The molecule has 1 aliphatic heterocycles. The lowest BCUT2D eigenvalue weighted by Gasteiger charge is -2.41. The Balaban J connectivity index is 1.68. The van der Waals surface area contributed by atoms with Crippen LogP contribution in [0.5, 0.6) is 0 Å². The summed E-state index contributed by atoms with van der Waals surface area (Å²) >= 11 is 0. The Bertz CT molecular complexity index is 266. The summed E-state index contributed by atoms with van der Waals surface area (Å²) in [6.07, 6.45) is 8.81. The van der Waals surface area contributed by atoms with Crippen molar-refractivity contribution >= 4 is 5.91 Å². The first-order chi connectivity index (χ1) is 8.74. The number of unbranched alkanes of at least 4 members (excludes halogenated alkanes) is 1. The molecule has 0 spiro atoms. The first kappa shape index (κ1) is 13.9. The molecule has 1 heterocycles. The fourth-order valence-electron chi connectivity index (χ4n) is 3.35. The third kappa shape index (κ3) is 3.25. The van der Waals surface area contributed by atoms with Crippen molar-refractivity contribution < 1.29 is 4.79 Å². The molecule has 0 aromatic rings. The third-order valence-corrected chi connectivity index (χ3v) is 4.76. The van der Waals surface area contributed by atoms with E-state index < -0.39 is 0 Å². The maximum absolute atomic E-state index is 12.2. The van der Waals surface area contributed by atoms with Crippen LogP contribution in [0.1, 0.15) is 51.9 Å². The summed E-state index contributed by atoms with van der Waals surface area (Å²) in [5, 5.41) is 0. The van der Waals surface area contributed by atoms with E-state index in [-0.39, 0.29) is 0 Å². The van der Waals surface area contributed by atoms with E-state index in [1.165, 1.54) is 32.1 Å². The lowest BCUT2D eigenvalue weighted by atomic mass is 9.78. The van der Waals surface area contributed by atoms with Crippen LogP contribution in [0.2, 0.25) is 0 Å². The van der Waals surface area contributed by atoms with Crippen LogP contribution in [0.4, 0.5) is 0 Å². The van der Waals surface area contributed by atoms with E-state index in [2.05, 4.69) is 6.92 Å². The van der Waals surface area contributed by atoms with Crippen LogP contribution < -0.4 is 5.73 Å². The fraction of sp³-hybridized carbons (Fsp3) is 0.933. The minimum Gasteiger partial charge on any atom is -0.342 e. The number of hydrogen-bond acceptors (Lipinski definition) is 2. The first-order valence-electron chi connectivity index (χ1n) is 7.73. The highest BCUT2D eigenvalue weighted by atomic mass is 16.2. The maximum atomic E-state index is 12.2. The molecule has 1 saturated heterocycles. The lowest BCUT2D eigenvalue weighted by Crippen LogP contribution is -2.54. The number of hydrogen-bond donors (Lipinski definition) is 1. The van der Waals surface area contributed by atoms with E-state index in [0.29, 0.717) is 17.7 Å². The predicted molar refractivity (Wildman–Crippen MR) is 74.1 cm³/mol. The van der Waals surface area contributed by atoms with E-state index in [1.54, 1.807) is 0 Å². The number of likely N-dealkylation sites (tertiary alicyclic amines) is 1. The smallest absolute Gasteiger partial charge is 0.225 e. The molecule has 0 aromatic heterocycles. The quantitative estimate of drug-likeness (QED) is 0.816. The second-order valence-electron chi connectivity index (χ2n) is 6.20. The fourth-order valence-corrected chi connectivity index (χ4v) is 3.35. The van der Waals surface area contributed by atoms with Gasteiger partial charge in [-0.25, -0.2) is 0 Å². The summed E-state index contributed by atoms with van der Waals surface area (Å²) in [6.45, 7) is 4.80. The second kappa shape index (κ2) is 6.55. The Morgan fingerprint density at radius 2 is 1.83 bits per heavy atom. The molecular formula is C15H28N2O. The number of carbonyl (C=O) groups is 1. The van der Waals surface area contributed by atoms with Crippen molar-refractivity contribution in [2.75, 3.05) is 19.6 Å². The molecule has 0 atom stereocenters. The van der Waals surface area contributed by atoms with E-state index in [9.17, 15) is 4.79 Å². The van der Waals surface area contributed by atoms with Crippen LogP contribution in [0.25, 0.3) is 0 Å². The average Bonchev–Trinajstić information content (AvgIpc) is 2.35. The van der Waals surface area contributed by atoms with Crippen LogP contribution in [0.15, 0.2) is 0 Å². The van der Waals surface area contributed by atoms with Gasteiger partial charge in [-0.15, -0.1) is 0 Å². The van der Waals surface area contributed by atoms with Crippen LogP contribution in [-0.2, 0) is 4.79 Å². The molecular weight excluding hydrogens is 224 g/mol. The van der Waals surface area contributed by atoms with Gasteiger partial charge in [0.1, 0.15) is 0 Å². The van der Waals surface area contributed by atoms with Crippen molar-refractivity contribution in [3.8, 4) is 0 Å². The topological polar surface area (TPSA) is 46.3 Å². The Morgan fingerprint density at radius 3 is 2.39 bits per heavy atom. The van der Waals surface area contributed by atoms with Gasteiger partial charge < -0.3 is 10.6 Å². The van der Waals surface area contributed by atoms with Crippen molar-refractivity contribution in [3.05, 3.63) is 0 Å². The number of carbonyl (C=O) groups excluding carboxylic acids is 1. The molecule has 0 unspecified atom stereocenters. The lowest BCUT2D eigenvalue weighted by molar-refractivity contribution is -0.143. The largest absolute Gasteiger partial charge is 0.342 e. The van der Waals surface area contributed by atoms with Gasteiger partial charge in [-0.1, -0.05) is 26.2 Å². The molecule has 1 aliphatic carbocycles. The van der Waals surface area contributed by atoms with Crippen molar-refractivity contribution in [1.82, 2.24) is 4.90 Å². The molecule has 0 bridgehead atoms. The predicted octanol–water partition coefficient (Wildman–Crippen LogP) is 2.40. The zero-order valence-electron chi connectivity index (χ0n) is 11.7. The van der Waals surface area contributed by atoms with Gasteiger partial charge in [0.2, 0.25) is 5.91 Å². The minimum atomic E-state index is 0.321. The molecule has 2 aliphatic rings. The van der Waals surface area contributed by atoms with E-state index in [4.69, 9.17) is 5.73 Å². The highest BCUT2D eigenvalue weighted by molar-refractivity contribution is 5.79. The normalized spacial score (nSPS) is 29.1. The van der Waals surface area contributed by atoms with Gasteiger partial charge in [-0.05, 0) is 38.1 Å². The summed E-state index contributed by atoms with van der Waals surface area (Å²) in [7, 11) is 0. The van der Waals surface area contributed by atoms with Gasteiger partial charge in [0.15, 0.2) is 0 Å². The van der Waals surface area contributed by atoms with Crippen molar-refractivity contribution in [3.63, 3.8) is 0 Å². The van der Waals surface area contributed by atoms with E-state index >= 15 is 0 Å². The summed E-state index contributed by atoms with van der Waals surface area (Å²) in [4.78, 5) is 14.3. The Hall–Kier alpha value is -0.570. The second-order valence-corrected chi connectivity index (χ2v) is 6.20. The van der Waals surface area contributed by atoms with Crippen molar-refractivity contribution in [2.24, 2.45) is 23.5 Å². The van der Waals surface area contributed by atoms with Crippen LogP contribution >= 0.6 is 0 Å². The Labute approximate surface area is 111 Å². The molecule has 3 heteroatoms. The summed E-state index contributed by atoms with van der Waals surface area (Å²) in [5.41, 5.74) is 5.60. The van der Waals surface area contributed by atoms with Gasteiger partial charge in [-0.3, -0.25) is 4.79 Å². The zero-order chi connectivity index (χ0) is 13.0. The van der Waals surface area contributed by atoms with Gasteiger partial charge in [0.05, 0.1) is 0 Å². The molecule has 2 N–H and O–H groups in total. The highest BCUT2D eigenvalue weighted by Crippen LogP contribution is 2.33. The molecule has 2 rings (SSSR count). The van der Waals surface area contributed by atoms with Gasteiger partial charge in [0.25, 0.3) is 0 Å². The molecule has 0 aromatic carbocycles. The van der Waals surface area contributed by atoms with Crippen LogP contribution in [0.3, 0.4) is 0 Å². The molecule has 1 amide bonds. The zero-order valence-corrected chi connectivity index (χ0v) is 11.7. The van der Waals surface area contributed by atoms with Crippen LogP contribution in [-0.4, -0.2) is 30.4 Å². The summed E-state index contributed by atoms with van der Waals surface area (Å²) in [6, 6.07) is 0. The maximum Gasteiger partial charge on any atom is 0.225 e. The monoisotopic (exact) mass is 252 g/mol. The standard InChI is InChI=1S/C15H28N2O/c1-2-3-4-12-5-7-14(8-6-12)15(18)17-10-13(9-16)11-17/h12-14H,2-11,16H2,1H3. The van der Waals surface area contributed by atoms with E-state index in [1.807, 2.05) is 4.90 Å². The van der Waals surface area contributed by atoms with Crippen molar-refractivity contribution in [2.45, 2.75) is 51.9 Å². The Morgan fingerprint density at radius 1 is 1.17 bits per heavy atom. The summed E-state index contributed by atoms with van der Waals surface area (Å²) in [5.74, 6) is 2.19. The van der Waals surface area contributed by atoms with Gasteiger partial charge in [0, 0.05) is 24.9 Å². The molecule has 3 nitrogen and oxygen atoms in total. The summed E-state index contributed by atoms with van der Waals surface area (Å²) < 4.78 is 0. The van der Waals surface area contributed by atoms with Crippen LogP contribution in [0, 0.1) is 17.8 Å². The first-order valence-corrected chi connectivity index (χ1v) is 7.73. The molecule has 1 saturated carbocycles. The Kier molecular flexibility index (Phi) is 5.04. The van der Waals surface area contributed by atoms with E-state index in [0.717, 1.165) is 38.4 Å². The highest BCUT2D eigenvalue weighted by Gasteiger charge is 2.35. The molecule has 18 heavy (non-hydrogen) atoms. The number of nitrogens with zero attached hydrogens (tertiary/aromatic N) is 1. The molecule has 104 valence electrons. The number of rotatable bonds is 5. The minimum absolute atomic E-state index is 0.321. The SMILES string of the molecule is CCCCC1CCC(C(=O)N2CC(CN)C2)CC1. The number of amides is 1. The third-order valence-electron chi connectivity index (χ3n) is 4.76.